The van der Waals surface area contributed by atoms with E-state index in [1.165, 1.54) is 25.7 Å². The lowest BCUT2D eigenvalue weighted by molar-refractivity contribution is 0.215. The fourth-order valence-electron chi connectivity index (χ4n) is 2.04. The Kier molecular flexibility index (Phi) is 2.99. The van der Waals surface area contributed by atoms with Gasteiger partial charge >= 0.3 is 0 Å². The van der Waals surface area contributed by atoms with Crippen molar-refractivity contribution in [3.63, 3.8) is 0 Å². The van der Waals surface area contributed by atoms with Crippen LogP contribution in [0.4, 0.5) is 0 Å². The third-order valence-corrected chi connectivity index (χ3v) is 3.21. The zero-order valence-electron chi connectivity index (χ0n) is 9.35. The van der Waals surface area contributed by atoms with Gasteiger partial charge in [0.25, 0.3) is 0 Å². The summed E-state index contributed by atoms with van der Waals surface area (Å²) in [6, 6.07) is 0. The van der Waals surface area contributed by atoms with E-state index in [2.05, 4.69) is 13.8 Å². The predicted molar refractivity (Wildman–Crippen MR) is 57.2 cm³/mol. The lowest BCUT2D eigenvalue weighted by Crippen LogP contribution is -2.33. The van der Waals surface area contributed by atoms with Crippen LogP contribution in [-0.4, -0.2) is 24.8 Å². The SMILES string of the molecule is CN(C)C(=N)C1CCC(C)(C)CC1. The predicted octanol–water partition coefficient (Wildman–Crippen LogP) is 2.74. The Morgan fingerprint density at radius 3 is 2.08 bits per heavy atom. The minimum atomic E-state index is 0.517. The first-order chi connectivity index (χ1) is 5.92. The van der Waals surface area contributed by atoms with Crippen molar-refractivity contribution in [3.05, 3.63) is 0 Å². The minimum Gasteiger partial charge on any atom is -0.366 e. The molecule has 0 aromatic rings. The standard InChI is InChI=1S/C11H22N2/c1-11(2)7-5-9(6-8-11)10(12)13(3)4/h9,12H,5-8H2,1-4H3. The van der Waals surface area contributed by atoms with Crippen LogP contribution in [0.25, 0.3) is 0 Å². The van der Waals surface area contributed by atoms with Gasteiger partial charge < -0.3 is 4.90 Å². The Labute approximate surface area is 81.8 Å². The van der Waals surface area contributed by atoms with E-state index in [-0.39, 0.29) is 0 Å². The van der Waals surface area contributed by atoms with E-state index in [9.17, 15) is 0 Å². The number of nitrogens with zero attached hydrogens (tertiary/aromatic N) is 1. The van der Waals surface area contributed by atoms with Crippen LogP contribution in [0.5, 0.6) is 0 Å². The molecule has 2 nitrogen and oxygen atoms in total. The molecule has 0 aromatic heterocycles. The van der Waals surface area contributed by atoms with E-state index in [0.717, 1.165) is 5.84 Å². The van der Waals surface area contributed by atoms with Crippen LogP contribution in [0.15, 0.2) is 0 Å². The molecule has 0 atom stereocenters. The van der Waals surface area contributed by atoms with E-state index in [4.69, 9.17) is 5.41 Å². The molecule has 76 valence electrons. The average molecular weight is 182 g/mol. The van der Waals surface area contributed by atoms with Crippen molar-refractivity contribution >= 4 is 5.84 Å². The first-order valence-corrected chi connectivity index (χ1v) is 5.18. The summed E-state index contributed by atoms with van der Waals surface area (Å²) in [7, 11) is 3.95. The van der Waals surface area contributed by atoms with Gasteiger partial charge in [-0.3, -0.25) is 5.41 Å². The van der Waals surface area contributed by atoms with Gasteiger partial charge in [-0.05, 0) is 31.1 Å². The summed E-state index contributed by atoms with van der Waals surface area (Å²) < 4.78 is 0. The Hall–Kier alpha value is -0.530. The first kappa shape index (κ1) is 10.6. The van der Waals surface area contributed by atoms with E-state index in [0.29, 0.717) is 11.3 Å². The molecular weight excluding hydrogens is 160 g/mol. The molecular formula is C11H22N2. The van der Waals surface area contributed by atoms with Gasteiger partial charge in [0.15, 0.2) is 0 Å². The topological polar surface area (TPSA) is 27.1 Å². The van der Waals surface area contributed by atoms with E-state index in [1.807, 2.05) is 19.0 Å². The Bertz CT molecular complexity index is 184. The number of hydrogen-bond acceptors (Lipinski definition) is 1. The Balaban J connectivity index is 2.46. The molecule has 1 N–H and O–H groups in total. The summed E-state index contributed by atoms with van der Waals surface area (Å²) in [6.07, 6.45) is 4.94. The minimum absolute atomic E-state index is 0.517. The Morgan fingerprint density at radius 1 is 1.23 bits per heavy atom. The van der Waals surface area contributed by atoms with Crippen molar-refractivity contribution in [2.45, 2.75) is 39.5 Å². The molecule has 0 heterocycles. The van der Waals surface area contributed by atoms with Gasteiger partial charge in [-0.15, -0.1) is 0 Å². The lowest BCUT2D eigenvalue weighted by atomic mass is 9.73. The molecule has 0 unspecified atom stereocenters. The molecule has 0 radical (unpaired) electrons. The smallest absolute Gasteiger partial charge is 0.0984 e. The highest BCUT2D eigenvalue weighted by molar-refractivity contribution is 5.81. The number of nitrogens with one attached hydrogen (secondary N) is 1. The van der Waals surface area contributed by atoms with Crippen LogP contribution >= 0.6 is 0 Å². The highest BCUT2D eigenvalue weighted by Gasteiger charge is 2.29. The summed E-state index contributed by atoms with van der Waals surface area (Å²) in [5.74, 6) is 1.33. The van der Waals surface area contributed by atoms with E-state index < -0.39 is 0 Å². The molecule has 1 fully saturated rings. The van der Waals surface area contributed by atoms with Crippen LogP contribution in [0, 0.1) is 16.7 Å². The summed E-state index contributed by atoms with van der Waals surface area (Å²) in [5.41, 5.74) is 0.517. The molecule has 0 amide bonds. The van der Waals surface area contributed by atoms with Gasteiger partial charge in [0.1, 0.15) is 0 Å². The molecule has 0 saturated heterocycles. The number of amidine groups is 1. The molecule has 2 heteroatoms. The van der Waals surface area contributed by atoms with Gasteiger partial charge in [-0.25, -0.2) is 0 Å². The van der Waals surface area contributed by atoms with Crippen molar-refractivity contribution in [1.29, 1.82) is 5.41 Å². The molecule has 0 aliphatic heterocycles. The molecule has 13 heavy (non-hydrogen) atoms. The zero-order valence-corrected chi connectivity index (χ0v) is 9.35. The van der Waals surface area contributed by atoms with Gasteiger partial charge in [0, 0.05) is 20.0 Å². The summed E-state index contributed by atoms with van der Waals surface area (Å²) in [4.78, 5) is 1.95. The lowest BCUT2D eigenvalue weighted by Gasteiger charge is -2.35. The molecule has 0 aromatic carbocycles. The molecule has 1 rings (SSSR count). The third-order valence-electron chi connectivity index (χ3n) is 3.21. The van der Waals surface area contributed by atoms with Crippen LogP contribution in [0.2, 0.25) is 0 Å². The zero-order chi connectivity index (χ0) is 10.1. The second-order valence-corrected chi connectivity index (χ2v) is 5.22. The van der Waals surface area contributed by atoms with E-state index in [1.54, 1.807) is 0 Å². The van der Waals surface area contributed by atoms with Crippen LogP contribution < -0.4 is 0 Å². The number of rotatable bonds is 1. The second kappa shape index (κ2) is 3.69. The molecule has 1 aliphatic carbocycles. The third kappa shape index (κ3) is 2.71. The molecule has 1 aliphatic rings. The maximum absolute atomic E-state index is 7.89. The van der Waals surface area contributed by atoms with Crippen molar-refractivity contribution < 1.29 is 0 Å². The Morgan fingerprint density at radius 2 is 1.69 bits per heavy atom. The summed E-state index contributed by atoms with van der Waals surface area (Å²) in [5, 5.41) is 7.89. The van der Waals surface area contributed by atoms with Crippen molar-refractivity contribution in [2.24, 2.45) is 11.3 Å². The first-order valence-electron chi connectivity index (χ1n) is 5.18. The van der Waals surface area contributed by atoms with Crippen molar-refractivity contribution in [3.8, 4) is 0 Å². The second-order valence-electron chi connectivity index (χ2n) is 5.22. The van der Waals surface area contributed by atoms with Crippen LogP contribution in [0.1, 0.15) is 39.5 Å². The van der Waals surface area contributed by atoms with Gasteiger partial charge in [0.2, 0.25) is 0 Å². The fourth-order valence-corrected chi connectivity index (χ4v) is 2.04. The molecule has 0 spiro atoms. The van der Waals surface area contributed by atoms with Crippen molar-refractivity contribution in [1.82, 2.24) is 4.90 Å². The fraction of sp³-hybridized carbons (Fsp3) is 0.909. The monoisotopic (exact) mass is 182 g/mol. The van der Waals surface area contributed by atoms with Crippen LogP contribution in [0.3, 0.4) is 0 Å². The quantitative estimate of drug-likeness (QED) is 0.490. The summed E-state index contributed by atoms with van der Waals surface area (Å²) in [6.45, 7) is 4.67. The number of hydrogen-bond donors (Lipinski definition) is 1. The van der Waals surface area contributed by atoms with Crippen LogP contribution in [-0.2, 0) is 0 Å². The summed E-state index contributed by atoms with van der Waals surface area (Å²) >= 11 is 0. The van der Waals surface area contributed by atoms with Gasteiger partial charge in [0.05, 0.1) is 5.84 Å². The highest BCUT2D eigenvalue weighted by atomic mass is 15.1. The van der Waals surface area contributed by atoms with Crippen molar-refractivity contribution in [2.75, 3.05) is 14.1 Å². The normalized spacial score (nSPS) is 22.8. The maximum atomic E-state index is 7.89. The highest BCUT2D eigenvalue weighted by Crippen LogP contribution is 2.38. The maximum Gasteiger partial charge on any atom is 0.0984 e. The molecule has 0 bridgehead atoms. The van der Waals surface area contributed by atoms with E-state index >= 15 is 0 Å². The van der Waals surface area contributed by atoms with Gasteiger partial charge in [-0.1, -0.05) is 13.8 Å². The largest absolute Gasteiger partial charge is 0.366 e. The van der Waals surface area contributed by atoms with Gasteiger partial charge in [-0.2, -0.15) is 0 Å². The average Bonchev–Trinajstić information content (AvgIpc) is 2.03. The molecule has 1 saturated carbocycles.